The van der Waals surface area contributed by atoms with Crippen LogP contribution in [-0.4, -0.2) is 7.05 Å². The molecule has 0 bridgehead atoms. The Morgan fingerprint density at radius 2 is 1.67 bits per heavy atom. The summed E-state index contributed by atoms with van der Waals surface area (Å²) in [5.41, 5.74) is 3.96. The summed E-state index contributed by atoms with van der Waals surface area (Å²) in [6.45, 7) is 4.44. The van der Waals surface area contributed by atoms with E-state index in [1.54, 1.807) is 0 Å². The van der Waals surface area contributed by atoms with Crippen LogP contribution in [0.1, 0.15) is 42.5 Å². The summed E-state index contributed by atoms with van der Waals surface area (Å²) >= 11 is 8.50. The van der Waals surface area contributed by atoms with Crippen molar-refractivity contribution in [1.82, 2.24) is 5.32 Å². The van der Waals surface area contributed by atoms with E-state index in [0.29, 0.717) is 5.92 Å². The Kier molecular flexibility index (Phi) is 6.08. The van der Waals surface area contributed by atoms with Crippen LogP contribution in [0.5, 0.6) is 0 Å². The minimum atomic E-state index is 0.282. The monoisotopic (exact) mass is 413 g/mol. The maximum absolute atomic E-state index is 6.24. The SMILES string of the molecule is CNC(Cc1ccc(C(C)C)cc1)c1ccc(I)c(Cl)c1. The number of likely N-dealkylation sites (N-methyl/N-ethyl adjacent to an activating group) is 1. The molecule has 2 aromatic rings. The highest BCUT2D eigenvalue weighted by molar-refractivity contribution is 14.1. The molecular weight excluding hydrogens is 393 g/mol. The third kappa shape index (κ3) is 4.44. The zero-order valence-electron chi connectivity index (χ0n) is 12.7. The van der Waals surface area contributed by atoms with Gasteiger partial charge < -0.3 is 5.32 Å². The molecule has 0 aliphatic rings. The summed E-state index contributed by atoms with van der Waals surface area (Å²) in [6.07, 6.45) is 0.964. The van der Waals surface area contributed by atoms with E-state index in [4.69, 9.17) is 11.6 Å². The zero-order valence-corrected chi connectivity index (χ0v) is 15.6. The summed E-state index contributed by atoms with van der Waals surface area (Å²) in [5.74, 6) is 0.578. The van der Waals surface area contributed by atoms with Gasteiger partial charge >= 0.3 is 0 Å². The van der Waals surface area contributed by atoms with E-state index in [1.807, 2.05) is 7.05 Å². The van der Waals surface area contributed by atoms with Crippen molar-refractivity contribution in [1.29, 1.82) is 0 Å². The molecule has 0 saturated heterocycles. The fourth-order valence-corrected chi connectivity index (χ4v) is 2.91. The Labute approximate surface area is 146 Å². The smallest absolute Gasteiger partial charge is 0.0542 e. The van der Waals surface area contributed by atoms with Gasteiger partial charge in [0.1, 0.15) is 0 Å². The van der Waals surface area contributed by atoms with Gasteiger partial charge in [-0.3, -0.25) is 0 Å². The van der Waals surface area contributed by atoms with Gasteiger partial charge in [-0.15, -0.1) is 0 Å². The normalized spacial score (nSPS) is 12.7. The van der Waals surface area contributed by atoms with Crippen molar-refractivity contribution < 1.29 is 0 Å². The third-order valence-corrected chi connectivity index (χ3v) is 5.35. The lowest BCUT2D eigenvalue weighted by Crippen LogP contribution is -2.18. The molecule has 0 fully saturated rings. The molecule has 1 nitrogen and oxygen atoms in total. The summed E-state index contributed by atoms with van der Waals surface area (Å²) in [7, 11) is 2.00. The quantitative estimate of drug-likeness (QED) is 0.632. The first-order valence-corrected chi connectivity index (χ1v) is 8.68. The maximum Gasteiger partial charge on any atom is 0.0542 e. The second-order valence-electron chi connectivity index (χ2n) is 5.62. The highest BCUT2D eigenvalue weighted by atomic mass is 127. The maximum atomic E-state index is 6.24. The molecule has 3 heteroatoms. The number of halogens is 2. The molecule has 1 N–H and O–H groups in total. The molecular formula is C18H21ClIN. The molecule has 1 atom stereocenters. The Morgan fingerprint density at radius 1 is 1.05 bits per heavy atom. The van der Waals surface area contributed by atoms with E-state index in [9.17, 15) is 0 Å². The predicted molar refractivity (Wildman–Crippen MR) is 100 cm³/mol. The molecule has 0 spiro atoms. The highest BCUT2D eigenvalue weighted by Crippen LogP contribution is 2.25. The Balaban J connectivity index is 2.16. The number of nitrogens with one attached hydrogen (secondary N) is 1. The van der Waals surface area contributed by atoms with Crippen LogP contribution in [0, 0.1) is 3.57 Å². The minimum absolute atomic E-state index is 0.282. The summed E-state index contributed by atoms with van der Waals surface area (Å²) < 4.78 is 1.09. The van der Waals surface area contributed by atoms with E-state index < -0.39 is 0 Å². The first-order chi connectivity index (χ1) is 10.0. The number of benzene rings is 2. The van der Waals surface area contributed by atoms with Crippen LogP contribution in [0.4, 0.5) is 0 Å². The van der Waals surface area contributed by atoms with E-state index in [-0.39, 0.29) is 6.04 Å². The lowest BCUT2D eigenvalue weighted by Gasteiger charge is -2.18. The molecule has 2 rings (SSSR count). The van der Waals surface area contributed by atoms with E-state index in [0.717, 1.165) is 15.0 Å². The second-order valence-corrected chi connectivity index (χ2v) is 7.18. The van der Waals surface area contributed by atoms with Crippen LogP contribution in [0.25, 0.3) is 0 Å². The molecule has 0 saturated carbocycles. The van der Waals surface area contributed by atoms with E-state index in [1.165, 1.54) is 16.7 Å². The standard InChI is InChI=1S/C18H21ClIN/c1-12(2)14-6-4-13(5-7-14)10-18(21-3)15-8-9-17(20)16(19)11-15/h4-9,11-12,18,21H,10H2,1-3H3. The fourth-order valence-electron chi connectivity index (χ4n) is 2.39. The average molecular weight is 414 g/mol. The first kappa shape index (κ1) is 16.8. The molecule has 21 heavy (non-hydrogen) atoms. The van der Waals surface area contributed by atoms with E-state index >= 15 is 0 Å². The molecule has 0 aliphatic heterocycles. The van der Waals surface area contributed by atoms with Gasteiger partial charge in [-0.05, 0) is 70.8 Å². The van der Waals surface area contributed by atoms with Gasteiger partial charge in [0, 0.05) is 9.61 Å². The van der Waals surface area contributed by atoms with Crippen LogP contribution in [0.15, 0.2) is 42.5 Å². The lowest BCUT2D eigenvalue weighted by atomic mass is 9.96. The van der Waals surface area contributed by atoms with Crippen molar-refractivity contribution in [3.63, 3.8) is 0 Å². The van der Waals surface area contributed by atoms with Gasteiger partial charge in [-0.1, -0.05) is 55.8 Å². The number of rotatable bonds is 5. The third-order valence-electron chi connectivity index (χ3n) is 3.78. The largest absolute Gasteiger partial charge is 0.313 e. The van der Waals surface area contributed by atoms with Gasteiger partial charge in [0.25, 0.3) is 0 Å². The van der Waals surface area contributed by atoms with E-state index in [2.05, 4.69) is 84.2 Å². The van der Waals surface area contributed by atoms with Crippen LogP contribution >= 0.6 is 34.2 Å². The zero-order chi connectivity index (χ0) is 15.4. The minimum Gasteiger partial charge on any atom is -0.313 e. The number of hydrogen-bond donors (Lipinski definition) is 1. The molecule has 0 amide bonds. The molecule has 1 unspecified atom stereocenters. The molecule has 2 aromatic carbocycles. The lowest BCUT2D eigenvalue weighted by molar-refractivity contribution is 0.592. The van der Waals surface area contributed by atoms with Gasteiger partial charge in [0.2, 0.25) is 0 Å². The van der Waals surface area contributed by atoms with Gasteiger partial charge in [0.15, 0.2) is 0 Å². The van der Waals surface area contributed by atoms with Crippen LogP contribution in [0.2, 0.25) is 5.02 Å². The van der Waals surface area contributed by atoms with Crippen molar-refractivity contribution in [3.8, 4) is 0 Å². The Bertz CT molecular complexity index is 593. The Hall–Kier alpha value is -0.580. The first-order valence-electron chi connectivity index (χ1n) is 7.22. The fraction of sp³-hybridized carbons (Fsp3) is 0.333. The average Bonchev–Trinajstić information content (AvgIpc) is 2.48. The van der Waals surface area contributed by atoms with Crippen molar-refractivity contribution in [2.45, 2.75) is 32.2 Å². The number of hydrogen-bond acceptors (Lipinski definition) is 1. The molecule has 0 radical (unpaired) electrons. The van der Waals surface area contributed by atoms with Crippen molar-refractivity contribution >= 4 is 34.2 Å². The van der Waals surface area contributed by atoms with Gasteiger partial charge in [0.05, 0.1) is 5.02 Å². The second kappa shape index (κ2) is 7.61. The summed E-state index contributed by atoms with van der Waals surface area (Å²) in [6, 6.07) is 15.5. The molecule has 112 valence electrons. The van der Waals surface area contributed by atoms with Crippen molar-refractivity contribution in [2.24, 2.45) is 0 Å². The van der Waals surface area contributed by atoms with Crippen LogP contribution in [0.3, 0.4) is 0 Å². The Morgan fingerprint density at radius 3 is 2.19 bits per heavy atom. The highest BCUT2D eigenvalue weighted by Gasteiger charge is 2.12. The van der Waals surface area contributed by atoms with Gasteiger partial charge in [-0.2, -0.15) is 0 Å². The van der Waals surface area contributed by atoms with Crippen molar-refractivity contribution in [3.05, 3.63) is 67.7 Å². The summed E-state index contributed by atoms with van der Waals surface area (Å²) in [5, 5.41) is 4.21. The summed E-state index contributed by atoms with van der Waals surface area (Å²) in [4.78, 5) is 0. The predicted octanol–water partition coefficient (Wildman–Crippen LogP) is 5.57. The van der Waals surface area contributed by atoms with Crippen LogP contribution in [-0.2, 0) is 6.42 Å². The van der Waals surface area contributed by atoms with Crippen molar-refractivity contribution in [2.75, 3.05) is 7.05 Å². The molecule has 0 heterocycles. The van der Waals surface area contributed by atoms with Crippen LogP contribution < -0.4 is 5.32 Å². The van der Waals surface area contributed by atoms with Gasteiger partial charge in [-0.25, -0.2) is 0 Å². The topological polar surface area (TPSA) is 12.0 Å². The molecule has 0 aromatic heterocycles. The molecule has 0 aliphatic carbocycles.